The zero-order chi connectivity index (χ0) is 24.7. The summed E-state index contributed by atoms with van der Waals surface area (Å²) in [4.78, 5) is 25.0. The number of aliphatic hydroxyl groups is 2. The van der Waals surface area contributed by atoms with E-state index in [0.717, 1.165) is 24.8 Å². The van der Waals surface area contributed by atoms with Crippen molar-refractivity contribution in [2.45, 2.75) is 49.6 Å². The number of carbonyl (C=O) groups excluding carboxylic acids is 1. The Morgan fingerprint density at radius 1 is 1.23 bits per heavy atom. The second-order valence-corrected chi connectivity index (χ2v) is 8.76. The van der Waals surface area contributed by atoms with E-state index in [1.165, 1.54) is 18.5 Å². The number of hydrogen-bond acceptors (Lipinski definition) is 8. The summed E-state index contributed by atoms with van der Waals surface area (Å²) in [7, 11) is 0. The number of benzene rings is 1. The number of fused-ring (bicyclic) bond motifs is 1. The molecule has 2 aliphatic rings. The van der Waals surface area contributed by atoms with Gasteiger partial charge in [0.05, 0.1) is 47.6 Å². The highest BCUT2D eigenvalue weighted by Crippen LogP contribution is 2.46. The van der Waals surface area contributed by atoms with Gasteiger partial charge in [-0.05, 0) is 37.5 Å². The van der Waals surface area contributed by atoms with Crippen LogP contribution in [0, 0.1) is 11.6 Å². The number of pyridine rings is 1. The minimum atomic E-state index is -1.28. The molecule has 0 bridgehead atoms. The molecule has 0 radical (unpaired) electrons. The van der Waals surface area contributed by atoms with Crippen LogP contribution < -0.4 is 11.1 Å². The Labute approximate surface area is 199 Å². The Morgan fingerprint density at radius 2 is 2.00 bits per heavy atom. The third kappa shape index (κ3) is 4.11. The summed E-state index contributed by atoms with van der Waals surface area (Å²) >= 11 is 0. The van der Waals surface area contributed by atoms with E-state index < -0.39 is 47.0 Å². The molecule has 1 unspecified atom stereocenters. The topological polar surface area (TPSA) is 143 Å². The number of amides is 1. The van der Waals surface area contributed by atoms with Gasteiger partial charge in [0.2, 0.25) is 0 Å². The largest absolute Gasteiger partial charge is 0.396 e. The fraction of sp³-hybridized carbons (Fsp3) is 0.333. The van der Waals surface area contributed by atoms with Crippen LogP contribution in [0.2, 0.25) is 0 Å². The maximum atomic E-state index is 14.2. The normalized spacial score (nSPS) is 25.8. The molecule has 1 amide bonds. The lowest BCUT2D eigenvalue weighted by Crippen LogP contribution is -2.54. The first-order valence-corrected chi connectivity index (χ1v) is 11.2. The highest BCUT2D eigenvalue weighted by molar-refractivity contribution is 6.06. The first kappa shape index (κ1) is 23.2. The zero-order valence-electron chi connectivity index (χ0n) is 18.5. The fourth-order valence-corrected chi connectivity index (χ4v) is 4.79. The molecule has 5 rings (SSSR count). The van der Waals surface area contributed by atoms with Crippen molar-refractivity contribution in [3.63, 3.8) is 0 Å². The number of anilines is 2. The number of nitrogen functional groups attached to an aromatic ring is 1. The predicted octanol–water partition coefficient (Wildman–Crippen LogP) is 2.76. The van der Waals surface area contributed by atoms with E-state index >= 15 is 0 Å². The third-order valence-electron chi connectivity index (χ3n) is 6.61. The molecule has 1 saturated carbocycles. The number of ether oxygens (including phenoxy) is 1. The van der Waals surface area contributed by atoms with E-state index in [1.54, 1.807) is 6.07 Å². The van der Waals surface area contributed by atoms with Gasteiger partial charge in [-0.25, -0.2) is 18.7 Å². The van der Waals surface area contributed by atoms with E-state index in [0.29, 0.717) is 18.4 Å². The molecule has 0 spiro atoms. The van der Waals surface area contributed by atoms with Gasteiger partial charge in [0.25, 0.3) is 5.91 Å². The highest BCUT2D eigenvalue weighted by atomic mass is 19.1. The Kier molecular flexibility index (Phi) is 5.91. The SMILES string of the molecule is Nc1cnc(-c2c(F)cccc2F)nc1C(=O)Nc1cnccc1[C@@H]1C[C@H](O)[C@]2(O)CCCC2O1. The van der Waals surface area contributed by atoms with Crippen LogP contribution in [-0.4, -0.2) is 48.9 Å². The van der Waals surface area contributed by atoms with E-state index in [1.807, 2.05) is 0 Å². The summed E-state index contributed by atoms with van der Waals surface area (Å²) in [6.45, 7) is 0. The number of hydrogen-bond donors (Lipinski definition) is 4. The van der Waals surface area contributed by atoms with Crippen LogP contribution in [0.15, 0.2) is 42.9 Å². The summed E-state index contributed by atoms with van der Waals surface area (Å²) in [6.07, 6.45) is 3.88. The van der Waals surface area contributed by atoms with Crippen LogP contribution in [0.5, 0.6) is 0 Å². The van der Waals surface area contributed by atoms with Crippen molar-refractivity contribution in [1.29, 1.82) is 0 Å². The van der Waals surface area contributed by atoms with Crippen LogP contribution in [0.4, 0.5) is 20.2 Å². The molecule has 1 aromatic carbocycles. The van der Waals surface area contributed by atoms with E-state index in [-0.39, 0.29) is 29.3 Å². The Balaban J connectivity index is 1.43. The van der Waals surface area contributed by atoms with Crippen molar-refractivity contribution in [2.75, 3.05) is 11.1 Å². The quantitative estimate of drug-likeness (QED) is 0.444. The molecule has 3 aromatic rings. The maximum Gasteiger partial charge on any atom is 0.276 e. The number of nitrogens with one attached hydrogen (secondary N) is 1. The summed E-state index contributed by atoms with van der Waals surface area (Å²) in [5, 5.41) is 24.0. The molecule has 4 atom stereocenters. The molecule has 2 fully saturated rings. The van der Waals surface area contributed by atoms with Crippen LogP contribution >= 0.6 is 0 Å². The van der Waals surface area contributed by atoms with Crippen molar-refractivity contribution >= 4 is 17.3 Å². The molecular weight excluding hydrogens is 460 g/mol. The van der Waals surface area contributed by atoms with Crippen LogP contribution in [0.3, 0.4) is 0 Å². The Bertz CT molecular complexity index is 1270. The predicted molar refractivity (Wildman–Crippen MR) is 121 cm³/mol. The molecule has 182 valence electrons. The number of nitrogens with zero attached hydrogens (tertiary/aromatic N) is 3. The number of nitrogens with two attached hydrogens (primary N) is 1. The fourth-order valence-electron chi connectivity index (χ4n) is 4.79. The van der Waals surface area contributed by atoms with Gasteiger partial charge in [-0.15, -0.1) is 0 Å². The number of carbonyl (C=O) groups is 1. The maximum absolute atomic E-state index is 14.2. The Morgan fingerprint density at radius 3 is 2.77 bits per heavy atom. The average Bonchev–Trinajstić information content (AvgIpc) is 3.22. The molecule has 35 heavy (non-hydrogen) atoms. The standard InChI is InChI=1S/C24H23F2N5O4/c25-13-3-1-4-14(26)20(13)22-29-10-15(27)21(31-22)23(33)30-16-11-28-8-6-12(16)17-9-18(32)24(34)7-2-5-19(24)35-17/h1,3-4,6,8,10-11,17-19,32,34H,2,5,7,9,27H2,(H,30,33)/t17-,18-,19?,24+/m0/s1. The van der Waals surface area contributed by atoms with Gasteiger partial charge in [-0.2, -0.15) is 0 Å². The van der Waals surface area contributed by atoms with Crippen LogP contribution in [0.1, 0.15) is 47.8 Å². The summed E-state index contributed by atoms with van der Waals surface area (Å²) in [5.41, 5.74) is 4.62. The van der Waals surface area contributed by atoms with E-state index in [9.17, 15) is 23.8 Å². The third-order valence-corrected chi connectivity index (χ3v) is 6.61. The lowest BCUT2D eigenvalue weighted by atomic mass is 9.84. The lowest BCUT2D eigenvalue weighted by Gasteiger charge is -2.43. The van der Waals surface area contributed by atoms with Gasteiger partial charge in [0.15, 0.2) is 11.5 Å². The van der Waals surface area contributed by atoms with Crippen molar-refractivity contribution < 1.29 is 28.5 Å². The molecule has 9 nitrogen and oxygen atoms in total. The molecule has 1 saturated heterocycles. The molecule has 1 aliphatic carbocycles. The molecule has 3 heterocycles. The van der Waals surface area contributed by atoms with Crippen molar-refractivity contribution in [1.82, 2.24) is 15.0 Å². The van der Waals surface area contributed by atoms with Gasteiger partial charge in [-0.3, -0.25) is 9.78 Å². The van der Waals surface area contributed by atoms with Crippen molar-refractivity contribution in [3.05, 3.63) is 65.7 Å². The smallest absolute Gasteiger partial charge is 0.276 e. The second kappa shape index (κ2) is 8.91. The second-order valence-electron chi connectivity index (χ2n) is 8.76. The molecule has 5 N–H and O–H groups in total. The minimum Gasteiger partial charge on any atom is -0.396 e. The summed E-state index contributed by atoms with van der Waals surface area (Å²) < 4.78 is 34.5. The molecule has 1 aliphatic heterocycles. The number of halogens is 2. The number of aliphatic hydroxyl groups excluding tert-OH is 1. The van der Waals surface area contributed by atoms with Crippen molar-refractivity contribution in [3.8, 4) is 11.4 Å². The van der Waals surface area contributed by atoms with Gasteiger partial charge < -0.3 is 26.0 Å². The highest BCUT2D eigenvalue weighted by Gasteiger charge is 2.52. The number of rotatable bonds is 4. The Hall–Kier alpha value is -3.54. The summed E-state index contributed by atoms with van der Waals surface area (Å²) in [6, 6.07) is 4.98. The van der Waals surface area contributed by atoms with E-state index in [4.69, 9.17) is 10.5 Å². The minimum absolute atomic E-state index is 0.0891. The molecule has 2 aromatic heterocycles. The molecular formula is C24H23F2N5O4. The van der Waals surface area contributed by atoms with Gasteiger partial charge in [-0.1, -0.05) is 6.07 Å². The van der Waals surface area contributed by atoms with Crippen molar-refractivity contribution in [2.24, 2.45) is 0 Å². The van der Waals surface area contributed by atoms with Crippen LogP contribution in [-0.2, 0) is 4.74 Å². The lowest BCUT2D eigenvalue weighted by molar-refractivity contribution is -0.215. The zero-order valence-corrected chi connectivity index (χ0v) is 18.5. The monoisotopic (exact) mass is 483 g/mol. The number of aromatic nitrogens is 3. The van der Waals surface area contributed by atoms with Gasteiger partial charge in [0.1, 0.15) is 17.2 Å². The average molecular weight is 483 g/mol. The van der Waals surface area contributed by atoms with Gasteiger partial charge >= 0.3 is 0 Å². The first-order chi connectivity index (χ1) is 16.8. The van der Waals surface area contributed by atoms with Gasteiger partial charge in [0, 0.05) is 18.2 Å². The summed E-state index contributed by atoms with van der Waals surface area (Å²) in [5.74, 6) is -2.83. The first-order valence-electron chi connectivity index (χ1n) is 11.2. The van der Waals surface area contributed by atoms with Crippen LogP contribution in [0.25, 0.3) is 11.4 Å². The van der Waals surface area contributed by atoms with E-state index in [2.05, 4.69) is 20.3 Å². The molecule has 11 heteroatoms.